The van der Waals surface area contributed by atoms with Gasteiger partial charge in [-0.05, 0) is 57.0 Å². The van der Waals surface area contributed by atoms with Crippen molar-refractivity contribution in [3.8, 4) is 5.75 Å². The van der Waals surface area contributed by atoms with E-state index in [2.05, 4.69) is 37.2 Å². The number of benzene rings is 1. The van der Waals surface area contributed by atoms with Gasteiger partial charge in [0.25, 0.3) is 0 Å². The third-order valence-electron chi connectivity index (χ3n) is 2.39. The molecule has 0 saturated carbocycles. The van der Waals surface area contributed by atoms with E-state index in [0.717, 1.165) is 15.9 Å². The first kappa shape index (κ1) is 14.4. The Morgan fingerprint density at radius 2 is 2.11 bits per heavy atom. The van der Waals surface area contributed by atoms with Gasteiger partial charge in [-0.15, -0.1) is 0 Å². The van der Waals surface area contributed by atoms with Gasteiger partial charge >= 0.3 is 0 Å². The highest BCUT2D eigenvalue weighted by atomic mass is 79.9. The van der Waals surface area contributed by atoms with Crippen LogP contribution in [0.5, 0.6) is 5.75 Å². The van der Waals surface area contributed by atoms with Crippen molar-refractivity contribution in [2.45, 2.75) is 13.5 Å². The smallest absolute Gasteiger partial charge is 0.183 e. The summed E-state index contributed by atoms with van der Waals surface area (Å²) in [4.78, 5) is 0. The number of hydrogen-bond acceptors (Lipinski definition) is 3. The van der Waals surface area contributed by atoms with Crippen molar-refractivity contribution < 1.29 is 13.5 Å². The zero-order valence-corrected chi connectivity index (χ0v) is 13.3. The zero-order valence-electron chi connectivity index (χ0n) is 10.2. The largest absolute Gasteiger partial charge is 0.492 e. The van der Waals surface area contributed by atoms with E-state index in [1.807, 2.05) is 13.0 Å². The Balaban J connectivity index is 2.10. The number of halogens is 3. The molecule has 19 heavy (non-hydrogen) atoms. The van der Waals surface area contributed by atoms with Gasteiger partial charge in [-0.25, -0.2) is 4.39 Å². The van der Waals surface area contributed by atoms with Gasteiger partial charge in [0.05, 0.1) is 23.3 Å². The average Bonchev–Trinajstić information content (AvgIpc) is 2.68. The van der Waals surface area contributed by atoms with Crippen molar-refractivity contribution in [3.05, 3.63) is 45.0 Å². The van der Waals surface area contributed by atoms with Crippen LogP contribution in [0.15, 0.2) is 37.8 Å². The predicted octanol–water partition coefficient (Wildman–Crippen LogP) is 4.95. The minimum atomic E-state index is -0.322. The summed E-state index contributed by atoms with van der Waals surface area (Å²) in [6.45, 7) is 2.82. The van der Waals surface area contributed by atoms with Crippen LogP contribution >= 0.6 is 31.9 Å². The van der Waals surface area contributed by atoms with E-state index in [4.69, 9.17) is 9.15 Å². The van der Waals surface area contributed by atoms with Crippen LogP contribution in [0, 0.1) is 5.82 Å². The van der Waals surface area contributed by atoms with Crippen molar-refractivity contribution in [1.29, 1.82) is 0 Å². The molecule has 0 spiro atoms. The highest BCUT2D eigenvalue weighted by molar-refractivity contribution is 9.13. The first-order valence-corrected chi connectivity index (χ1v) is 7.28. The summed E-state index contributed by atoms with van der Waals surface area (Å²) in [7, 11) is 0. The molecule has 0 bridgehead atoms. The van der Waals surface area contributed by atoms with Crippen molar-refractivity contribution in [3.63, 3.8) is 0 Å². The van der Waals surface area contributed by atoms with Crippen LogP contribution in [-0.2, 0) is 6.54 Å². The fraction of sp³-hybridized carbons (Fsp3) is 0.231. The molecule has 1 heterocycles. The number of ether oxygens (including phenoxy) is 1. The monoisotopic (exact) mass is 391 g/mol. The summed E-state index contributed by atoms with van der Waals surface area (Å²) < 4.78 is 25.5. The van der Waals surface area contributed by atoms with Crippen LogP contribution < -0.4 is 10.1 Å². The maximum absolute atomic E-state index is 13.2. The third kappa shape index (κ3) is 3.73. The van der Waals surface area contributed by atoms with Crippen molar-refractivity contribution in [2.75, 3.05) is 11.9 Å². The maximum atomic E-state index is 13.2. The Morgan fingerprint density at radius 1 is 1.32 bits per heavy atom. The zero-order chi connectivity index (χ0) is 13.8. The molecule has 0 fully saturated rings. The van der Waals surface area contributed by atoms with Crippen molar-refractivity contribution in [1.82, 2.24) is 0 Å². The molecule has 102 valence electrons. The molecule has 0 aliphatic rings. The Labute approximate surface area is 127 Å². The molecule has 0 atom stereocenters. The second-order valence-corrected chi connectivity index (χ2v) is 5.34. The first-order valence-electron chi connectivity index (χ1n) is 5.70. The lowest BCUT2D eigenvalue weighted by atomic mass is 10.2. The van der Waals surface area contributed by atoms with E-state index in [9.17, 15) is 4.39 Å². The highest BCUT2D eigenvalue weighted by Crippen LogP contribution is 2.29. The topological polar surface area (TPSA) is 34.4 Å². The molecular formula is C13H12Br2FNO2. The molecule has 0 saturated heterocycles. The Bertz CT molecular complexity index is 552. The quantitative estimate of drug-likeness (QED) is 0.781. The summed E-state index contributed by atoms with van der Waals surface area (Å²) in [6.07, 6.45) is 0. The molecule has 6 heteroatoms. The van der Waals surface area contributed by atoms with E-state index in [1.54, 1.807) is 6.07 Å². The van der Waals surface area contributed by atoms with E-state index in [-0.39, 0.29) is 5.82 Å². The summed E-state index contributed by atoms with van der Waals surface area (Å²) in [5.41, 5.74) is 0.729. The molecule has 0 radical (unpaired) electrons. The lowest BCUT2D eigenvalue weighted by Crippen LogP contribution is -2.02. The molecule has 1 aromatic heterocycles. The summed E-state index contributed by atoms with van der Waals surface area (Å²) in [6, 6.07) is 6.26. The van der Waals surface area contributed by atoms with Gasteiger partial charge in [0.15, 0.2) is 4.67 Å². The third-order valence-corrected chi connectivity index (χ3v) is 4.10. The molecule has 1 aromatic carbocycles. The number of rotatable bonds is 5. The lowest BCUT2D eigenvalue weighted by molar-refractivity contribution is 0.339. The highest BCUT2D eigenvalue weighted by Gasteiger charge is 2.08. The number of nitrogens with one attached hydrogen (secondary N) is 1. The second kappa shape index (κ2) is 6.43. The van der Waals surface area contributed by atoms with Crippen LogP contribution in [0.25, 0.3) is 0 Å². The van der Waals surface area contributed by atoms with Crippen LogP contribution in [0.2, 0.25) is 0 Å². The van der Waals surface area contributed by atoms with Gasteiger partial charge in [0.2, 0.25) is 0 Å². The molecule has 0 aliphatic carbocycles. The van der Waals surface area contributed by atoms with E-state index in [1.165, 1.54) is 12.1 Å². The van der Waals surface area contributed by atoms with Gasteiger partial charge in [-0.3, -0.25) is 0 Å². The van der Waals surface area contributed by atoms with Crippen molar-refractivity contribution in [2.24, 2.45) is 0 Å². The van der Waals surface area contributed by atoms with Gasteiger partial charge in [0.1, 0.15) is 17.3 Å². The van der Waals surface area contributed by atoms with Crippen LogP contribution in [0.4, 0.5) is 10.1 Å². The van der Waals surface area contributed by atoms with Gasteiger partial charge in [0, 0.05) is 6.07 Å². The Morgan fingerprint density at radius 3 is 2.74 bits per heavy atom. The second-order valence-electron chi connectivity index (χ2n) is 3.76. The van der Waals surface area contributed by atoms with Gasteiger partial charge in [-0.2, -0.15) is 0 Å². The van der Waals surface area contributed by atoms with E-state index < -0.39 is 0 Å². The van der Waals surface area contributed by atoms with Gasteiger partial charge < -0.3 is 14.5 Å². The first-order chi connectivity index (χ1) is 9.10. The standard InChI is InChI=1S/C13H12Br2FNO2/c1-2-18-12-5-8(16)3-4-11(12)17-7-9-6-10(14)13(15)19-9/h3-6,17H,2,7H2,1H3. The van der Waals surface area contributed by atoms with E-state index >= 15 is 0 Å². The molecule has 0 aliphatic heterocycles. The Kier molecular flexibility index (Phi) is 4.87. The van der Waals surface area contributed by atoms with Crippen LogP contribution in [-0.4, -0.2) is 6.61 Å². The van der Waals surface area contributed by atoms with Crippen molar-refractivity contribution >= 4 is 37.5 Å². The summed E-state index contributed by atoms with van der Waals surface area (Å²) in [5.74, 6) is 0.926. The minimum absolute atomic E-state index is 0.322. The normalized spacial score (nSPS) is 10.5. The molecule has 3 nitrogen and oxygen atoms in total. The summed E-state index contributed by atoms with van der Waals surface area (Å²) >= 11 is 6.62. The SMILES string of the molecule is CCOc1cc(F)ccc1NCc1cc(Br)c(Br)o1. The number of hydrogen-bond donors (Lipinski definition) is 1. The lowest BCUT2D eigenvalue weighted by Gasteiger charge is -2.11. The fourth-order valence-electron chi connectivity index (χ4n) is 1.58. The molecule has 2 rings (SSSR count). The predicted molar refractivity (Wildman–Crippen MR) is 79.0 cm³/mol. The number of furan rings is 1. The van der Waals surface area contributed by atoms with Crippen LogP contribution in [0.1, 0.15) is 12.7 Å². The average molecular weight is 393 g/mol. The van der Waals surface area contributed by atoms with Gasteiger partial charge in [-0.1, -0.05) is 0 Å². The minimum Gasteiger partial charge on any atom is -0.492 e. The number of anilines is 1. The molecule has 2 aromatic rings. The van der Waals surface area contributed by atoms with Crippen LogP contribution in [0.3, 0.4) is 0 Å². The fourth-order valence-corrected chi connectivity index (χ4v) is 2.24. The maximum Gasteiger partial charge on any atom is 0.183 e. The summed E-state index contributed by atoms with van der Waals surface area (Å²) in [5, 5.41) is 3.16. The molecular weight excluding hydrogens is 381 g/mol. The Hall–Kier alpha value is -1.01. The molecule has 0 amide bonds. The van der Waals surface area contributed by atoms with E-state index in [0.29, 0.717) is 23.6 Å². The molecule has 0 unspecified atom stereocenters. The molecule has 1 N–H and O–H groups in total.